The van der Waals surface area contributed by atoms with Gasteiger partial charge in [-0.25, -0.2) is 13.4 Å². The highest BCUT2D eigenvalue weighted by molar-refractivity contribution is 7.94. The van der Waals surface area contributed by atoms with Gasteiger partial charge in [-0.15, -0.1) is 0 Å². The molecule has 1 heterocycles. The topological polar surface area (TPSA) is 88.2 Å². The van der Waals surface area contributed by atoms with Crippen molar-refractivity contribution in [2.75, 3.05) is 11.8 Å². The average Bonchev–Trinajstić information content (AvgIpc) is 2.87. The fourth-order valence-corrected chi connectivity index (χ4v) is 4.01. The molecule has 1 aromatic heterocycles. The molecule has 0 spiro atoms. The monoisotopic (exact) mass is 365 g/mol. The lowest BCUT2D eigenvalue weighted by atomic mass is 10.2. The Balaban J connectivity index is 2.34. The Bertz CT molecular complexity index is 790. The summed E-state index contributed by atoms with van der Waals surface area (Å²) in [7, 11) is -2.35. The first-order chi connectivity index (χ1) is 9.83. The fraction of sp³-hybridized carbons (Fsp3) is 0.0909. The van der Waals surface area contributed by atoms with Crippen LogP contribution in [-0.4, -0.2) is 26.4 Å². The zero-order valence-electron chi connectivity index (χ0n) is 10.6. The van der Waals surface area contributed by atoms with E-state index in [2.05, 4.69) is 15.0 Å². The normalized spacial score (nSPS) is 11.2. The van der Waals surface area contributed by atoms with Crippen LogP contribution >= 0.6 is 34.5 Å². The highest BCUT2D eigenvalue weighted by Gasteiger charge is 2.19. The number of hydrogen-bond acceptors (Lipinski definition) is 5. The van der Waals surface area contributed by atoms with Crippen LogP contribution in [0.15, 0.2) is 28.6 Å². The van der Waals surface area contributed by atoms with E-state index < -0.39 is 15.9 Å². The second kappa shape index (κ2) is 6.18. The first-order valence-electron chi connectivity index (χ1n) is 5.49. The molecule has 112 valence electrons. The molecular formula is C11H9Cl2N3O3S2. The predicted octanol–water partition coefficient (Wildman–Crippen LogP) is 2.61. The Morgan fingerprint density at radius 1 is 1.33 bits per heavy atom. The minimum atomic E-state index is -3.81. The minimum Gasteiger partial charge on any atom is -0.355 e. The largest absolute Gasteiger partial charge is 0.355 e. The zero-order chi connectivity index (χ0) is 15.6. The Labute approximate surface area is 135 Å². The zero-order valence-corrected chi connectivity index (χ0v) is 13.7. The molecule has 0 unspecified atom stereocenters. The van der Waals surface area contributed by atoms with Gasteiger partial charge in [0, 0.05) is 12.7 Å². The molecule has 2 rings (SSSR count). The van der Waals surface area contributed by atoms with Crippen LogP contribution in [0.2, 0.25) is 9.49 Å². The van der Waals surface area contributed by atoms with Crippen LogP contribution < -0.4 is 10.0 Å². The standard InChI is InChI=1S/C11H9Cl2N3O3S2/c1-14-10(17)7-4-6(2-3-8(7)12)16-21(18,19)9-5-15-11(13)20-9/h2-5,16H,1H3,(H,14,17). The minimum absolute atomic E-state index is 0.0241. The van der Waals surface area contributed by atoms with Gasteiger partial charge in [0.2, 0.25) is 0 Å². The van der Waals surface area contributed by atoms with Crippen molar-refractivity contribution in [2.45, 2.75) is 4.21 Å². The maximum atomic E-state index is 12.1. The predicted molar refractivity (Wildman–Crippen MR) is 82.8 cm³/mol. The van der Waals surface area contributed by atoms with Crippen LogP contribution in [0, 0.1) is 0 Å². The van der Waals surface area contributed by atoms with Crippen LogP contribution in [-0.2, 0) is 10.0 Å². The van der Waals surface area contributed by atoms with Crippen LogP contribution in [0.1, 0.15) is 10.4 Å². The number of rotatable bonds is 4. The molecule has 2 aromatic rings. The van der Waals surface area contributed by atoms with Gasteiger partial charge >= 0.3 is 0 Å². The third kappa shape index (κ3) is 3.65. The van der Waals surface area contributed by atoms with Gasteiger partial charge in [0.15, 0.2) is 8.68 Å². The third-order valence-corrected chi connectivity index (χ3v) is 5.70. The SMILES string of the molecule is CNC(=O)c1cc(NS(=O)(=O)c2cnc(Cl)s2)ccc1Cl. The molecule has 0 atom stereocenters. The van der Waals surface area contributed by atoms with Crippen molar-refractivity contribution in [3.63, 3.8) is 0 Å². The molecule has 0 aliphatic carbocycles. The van der Waals surface area contributed by atoms with Crippen molar-refractivity contribution >= 4 is 56.2 Å². The number of carbonyl (C=O) groups is 1. The van der Waals surface area contributed by atoms with E-state index in [0.29, 0.717) is 0 Å². The number of halogens is 2. The number of nitrogens with one attached hydrogen (secondary N) is 2. The van der Waals surface area contributed by atoms with Gasteiger partial charge in [0.25, 0.3) is 15.9 Å². The van der Waals surface area contributed by atoms with Gasteiger partial charge in [0.1, 0.15) is 0 Å². The highest BCUT2D eigenvalue weighted by Crippen LogP contribution is 2.26. The smallest absolute Gasteiger partial charge is 0.273 e. The first kappa shape index (κ1) is 16.0. The van der Waals surface area contributed by atoms with Gasteiger partial charge in [-0.05, 0) is 18.2 Å². The summed E-state index contributed by atoms with van der Waals surface area (Å²) >= 11 is 12.3. The summed E-state index contributed by atoms with van der Waals surface area (Å²) in [6.07, 6.45) is 1.16. The lowest BCUT2D eigenvalue weighted by Crippen LogP contribution is -2.19. The Morgan fingerprint density at radius 2 is 2.05 bits per heavy atom. The molecule has 0 aliphatic rings. The molecule has 0 radical (unpaired) electrons. The average molecular weight is 366 g/mol. The van der Waals surface area contributed by atoms with Crippen LogP contribution in [0.25, 0.3) is 0 Å². The number of sulfonamides is 1. The van der Waals surface area contributed by atoms with E-state index in [9.17, 15) is 13.2 Å². The Kier molecular flexibility index (Phi) is 4.72. The molecule has 1 aromatic carbocycles. The highest BCUT2D eigenvalue weighted by atomic mass is 35.5. The van der Waals surface area contributed by atoms with Crippen LogP contribution in [0.3, 0.4) is 0 Å². The van der Waals surface area contributed by atoms with E-state index >= 15 is 0 Å². The molecule has 0 aliphatic heterocycles. The lowest BCUT2D eigenvalue weighted by Gasteiger charge is -2.09. The Hall–Kier alpha value is -1.35. The van der Waals surface area contributed by atoms with Gasteiger partial charge in [-0.2, -0.15) is 0 Å². The summed E-state index contributed by atoms with van der Waals surface area (Å²) in [6, 6.07) is 4.24. The van der Waals surface area contributed by atoms with Gasteiger partial charge < -0.3 is 5.32 Å². The number of carbonyl (C=O) groups excluding carboxylic acids is 1. The molecule has 0 bridgehead atoms. The third-order valence-electron chi connectivity index (χ3n) is 2.41. The van der Waals surface area contributed by atoms with Crippen molar-refractivity contribution in [2.24, 2.45) is 0 Å². The van der Waals surface area contributed by atoms with Crippen LogP contribution in [0.4, 0.5) is 5.69 Å². The van der Waals surface area contributed by atoms with Crippen LogP contribution in [0.5, 0.6) is 0 Å². The molecule has 6 nitrogen and oxygen atoms in total. The van der Waals surface area contributed by atoms with Crippen molar-refractivity contribution in [1.82, 2.24) is 10.3 Å². The summed E-state index contributed by atoms with van der Waals surface area (Å²) in [6.45, 7) is 0. The fourth-order valence-electron chi connectivity index (χ4n) is 1.47. The van der Waals surface area contributed by atoms with E-state index in [1.54, 1.807) is 0 Å². The second-order valence-corrected chi connectivity index (χ2v) is 7.74. The van der Waals surface area contributed by atoms with Crippen molar-refractivity contribution in [1.29, 1.82) is 0 Å². The van der Waals surface area contributed by atoms with E-state index in [-0.39, 0.29) is 24.9 Å². The summed E-state index contributed by atoms with van der Waals surface area (Å²) in [5.41, 5.74) is 0.379. The summed E-state index contributed by atoms with van der Waals surface area (Å²) in [5, 5.41) is 2.64. The maximum Gasteiger partial charge on any atom is 0.273 e. The number of aromatic nitrogens is 1. The molecule has 1 amide bonds. The molecule has 0 saturated heterocycles. The quantitative estimate of drug-likeness (QED) is 0.871. The number of nitrogens with zero attached hydrogens (tertiary/aromatic N) is 1. The van der Waals surface area contributed by atoms with E-state index in [4.69, 9.17) is 23.2 Å². The molecule has 2 N–H and O–H groups in total. The number of benzene rings is 1. The van der Waals surface area contributed by atoms with Crippen molar-refractivity contribution in [3.05, 3.63) is 39.4 Å². The summed E-state index contributed by atoms with van der Waals surface area (Å²) in [4.78, 5) is 15.3. The van der Waals surface area contributed by atoms with Gasteiger partial charge in [-0.1, -0.05) is 34.5 Å². The maximum absolute atomic E-state index is 12.1. The number of thiazole rings is 1. The molecule has 21 heavy (non-hydrogen) atoms. The summed E-state index contributed by atoms with van der Waals surface area (Å²) < 4.78 is 26.7. The second-order valence-electron chi connectivity index (χ2n) is 3.81. The number of anilines is 1. The first-order valence-corrected chi connectivity index (χ1v) is 8.55. The van der Waals surface area contributed by atoms with E-state index in [1.165, 1.54) is 25.2 Å². The molecular weight excluding hydrogens is 357 g/mol. The number of amides is 1. The van der Waals surface area contributed by atoms with Gasteiger partial charge in [0.05, 0.1) is 16.8 Å². The van der Waals surface area contributed by atoms with E-state index in [0.717, 1.165) is 17.5 Å². The lowest BCUT2D eigenvalue weighted by molar-refractivity contribution is 0.0963. The molecule has 0 fully saturated rings. The number of hydrogen-bond donors (Lipinski definition) is 2. The van der Waals surface area contributed by atoms with Crippen molar-refractivity contribution in [3.8, 4) is 0 Å². The van der Waals surface area contributed by atoms with Gasteiger partial charge in [-0.3, -0.25) is 9.52 Å². The van der Waals surface area contributed by atoms with Crippen molar-refractivity contribution < 1.29 is 13.2 Å². The molecule has 10 heteroatoms. The van der Waals surface area contributed by atoms with E-state index in [1.807, 2.05) is 0 Å². The Morgan fingerprint density at radius 3 is 2.62 bits per heavy atom. The summed E-state index contributed by atoms with van der Waals surface area (Å²) in [5.74, 6) is -0.415. The molecule has 0 saturated carbocycles.